The number of hydrogen-bond donors (Lipinski definition) is 2. The lowest BCUT2D eigenvalue weighted by Gasteiger charge is -1.70. The van der Waals surface area contributed by atoms with E-state index in [9.17, 15) is 4.79 Å². The molecule has 0 amide bonds. The first-order valence-corrected chi connectivity index (χ1v) is 1.94. The maximum Gasteiger partial charge on any atom is 0.317 e. The Hall–Kier alpha value is -1.08. The summed E-state index contributed by atoms with van der Waals surface area (Å²) < 4.78 is 0. The summed E-state index contributed by atoms with van der Waals surface area (Å²) >= 11 is 0. The molecule has 0 bridgehead atoms. The van der Waals surface area contributed by atoms with E-state index in [2.05, 4.69) is 5.73 Å². The van der Waals surface area contributed by atoms with Crippen molar-refractivity contribution in [3.8, 4) is 6.07 Å². The Morgan fingerprint density at radius 2 is 2.25 bits per heavy atom. The largest absolute Gasteiger partial charge is 0.480 e. The second kappa shape index (κ2) is 9.33. The normalized spacial score (nSPS) is 5.62. The third kappa shape index (κ3) is 20.5. The van der Waals surface area contributed by atoms with Gasteiger partial charge in [-0.05, 0) is 7.05 Å². The van der Waals surface area contributed by atoms with Crippen LogP contribution in [-0.4, -0.2) is 18.1 Å². The first-order chi connectivity index (χ1) is 3.77. The van der Waals surface area contributed by atoms with Gasteiger partial charge in [-0.15, -0.1) is 0 Å². The van der Waals surface area contributed by atoms with Gasteiger partial charge in [-0.1, -0.05) is 0 Å². The van der Waals surface area contributed by atoms with Crippen LogP contribution in [0.5, 0.6) is 0 Å². The van der Waals surface area contributed by atoms with E-state index in [0.29, 0.717) is 0 Å². The van der Waals surface area contributed by atoms with Crippen LogP contribution in [-0.2, 0) is 4.79 Å². The van der Waals surface area contributed by atoms with E-state index in [-0.39, 0.29) is 0 Å². The molecule has 0 aliphatic carbocycles. The van der Waals surface area contributed by atoms with Crippen LogP contribution >= 0.6 is 0 Å². The first kappa shape index (κ1) is 10.0. The van der Waals surface area contributed by atoms with Gasteiger partial charge in [0.1, 0.15) is 6.42 Å². The molecule has 0 saturated carbocycles. The average molecular weight is 116 g/mol. The van der Waals surface area contributed by atoms with Gasteiger partial charge in [-0.25, -0.2) is 0 Å². The van der Waals surface area contributed by atoms with Crippen molar-refractivity contribution in [3.63, 3.8) is 0 Å². The molecular formula is C4H8N2O2. The van der Waals surface area contributed by atoms with E-state index in [1.54, 1.807) is 0 Å². The number of carboxylic acid groups (broad SMARTS) is 1. The molecule has 0 rings (SSSR count). The summed E-state index contributed by atoms with van der Waals surface area (Å²) in [6, 6.07) is 1.47. The van der Waals surface area contributed by atoms with Crippen molar-refractivity contribution in [3.05, 3.63) is 0 Å². The molecule has 0 fully saturated rings. The summed E-state index contributed by atoms with van der Waals surface area (Å²) in [6.07, 6.45) is -0.403. The van der Waals surface area contributed by atoms with Gasteiger partial charge in [0.25, 0.3) is 0 Å². The topological polar surface area (TPSA) is 87.1 Å². The zero-order valence-corrected chi connectivity index (χ0v) is 4.59. The smallest absolute Gasteiger partial charge is 0.317 e. The van der Waals surface area contributed by atoms with Crippen molar-refractivity contribution < 1.29 is 9.90 Å². The predicted octanol–water partition coefficient (Wildman–Crippen LogP) is -0.440. The first-order valence-electron chi connectivity index (χ1n) is 1.94. The molecule has 0 radical (unpaired) electrons. The van der Waals surface area contributed by atoms with E-state index in [4.69, 9.17) is 10.4 Å². The van der Waals surface area contributed by atoms with Crippen molar-refractivity contribution in [1.29, 1.82) is 5.26 Å². The molecule has 0 spiro atoms. The monoisotopic (exact) mass is 116 g/mol. The minimum atomic E-state index is -1.07. The molecule has 0 saturated heterocycles. The van der Waals surface area contributed by atoms with E-state index < -0.39 is 12.4 Å². The van der Waals surface area contributed by atoms with Gasteiger partial charge in [0.2, 0.25) is 0 Å². The molecule has 0 aromatic heterocycles. The molecule has 0 heterocycles. The lowest BCUT2D eigenvalue weighted by atomic mass is 10.5. The van der Waals surface area contributed by atoms with Crippen molar-refractivity contribution in [2.45, 2.75) is 6.42 Å². The zero-order valence-electron chi connectivity index (χ0n) is 4.59. The highest BCUT2D eigenvalue weighted by Crippen LogP contribution is 1.68. The molecule has 3 N–H and O–H groups in total. The van der Waals surface area contributed by atoms with E-state index in [1.165, 1.54) is 13.1 Å². The van der Waals surface area contributed by atoms with Crippen molar-refractivity contribution in [2.24, 2.45) is 5.73 Å². The third-order valence-electron chi connectivity index (χ3n) is 0.230. The molecule has 0 aliphatic rings. The Morgan fingerprint density at radius 3 is 2.25 bits per heavy atom. The maximum atomic E-state index is 9.38. The van der Waals surface area contributed by atoms with E-state index >= 15 is 0 Å². The van der Waals surface area contributed by atoms with Crippen LogP contribution in [0.1, 0.15) is 6.42 Å². The number of nitriles is 1. The number of carbonyl (C=O) groups is 1. The number of hydrogen-bond acceptors (Lipinski definition) is 3. The van der Waals surface area contributed by atoms with Gasteiger partial charge in [0, 0.05) is 0 Å². The van der Waals surface area contributed by atoms with Crippen molar-refractivity contribution in [1.82, 2.24) is 0 Å². The standard InChI is InChI=1S/C3H3NO2.CH5N/c4-2-1-3(5)6;1-2/h1H2,(H,5,6);2H2,1H3. The molecule has 0 unspecified atom stereocenters. The molecule has 4 nitrogen and oxygen atoms in total. The number of carboxylic acids is 1. The van der Waals surface area contributed by atoms with Gasteiger partial charge < -0.3 is 10.8 Å². The third-order valence-corrected chi connectivity index (χ3v) is 0.230. The number of nitrogens with zero attached hydrogens (tertiary/aromatic N) is 1. The number of aliphatic carboxylic acids is 1. The molecular weight excluding hydrogens is 108 g/mol. The lowest BCUT2D eigenvalue weighted by Crippen LogP contribution is -1.88. The fraction of sp³-hybridized carbons (Fsp3) is 0.500. The molecule has 8 heavy (non-hydrogen) atoms. The molecule has 4 heteroatoms. The van der Waals surface area contributed by atoms with Crippen LogP contribution < -0.4 is 5.73 Å². The number of nitrogens with two attached hydrogens (primary N) is 1. The second-order valence-electron chi connectivity index (χ2n) is 0.729. The summed E-state index contributed by atoms with van der Waals surface area (Å²) in [7, 11) is 1.50. The van der Waals surface area contributed by atoms with Gasteiger partial charge in [-0.3, -0.25) is 4.79 Å². The van der Waals surface area contributed by atoms with Crippen LogP contribution in [0.25, 0.3) is 0 Å². The summed E-state index contributed by atoms with van der Waals surface area (Å²) in [5, 5.41) is 15.3. The van der Waals surface area contributed by atoms with Crippen LogP contribution in [0.4, 0.5) is 0 Å². The number of rotatable bonds is 1. The fourth-order valence-electron chi connectivity index (χ4n) is 0.0676. The highest BCUT2D eigenvalue weighted by atomic mass is 16.4. The quantitative estimate of drug-likeness (QED) is 0.486. The predicted molar refractivity (Wildman–Crippen MR) is 28.0 cm³/mol. The molecule has 0 atom stereocenters. The molecule has 0 aromatic rings. The minimum Gasteiger partial charge on any atom is -0.480 e. The van der Waals surface area contributed by atoms with Gasteiger partial charge in [0.15, 0.2) is 0 Å². The Morgan fingerprint density at radius 1 is 1.88 bits per heavy atom. The lowest BCUT2D eigenvalue weighted by molar-refractivity contribution is -0.135. The van der Waals surface area contributed by atoms with Crippen molar-refractivity contribution in [2.75, 3.05) is 7.05 Å². The van der Waals surface area contributed by atoms with Crippen LogP contribution in [0, 0.1) is 11.3 Å². The van der Waals surface area contributed by atoms with Crippen LogP contribution in [0.2, 0.25) is 0 Å². The van der Waals surface area contributed by atoms with Crippen LogP contribution in [0.3, 0.4) is 0 Å². The van der Waals surface area contributed by atoms with E-state index in [1.807, 2.05) is 0 Å². The summed E-state index contributed by atoms with van der Waals surface area (Å²) in [4.78, 5) is 9.38. The Labute approximate surface area is 47.5 Å². The van der Waals surface area contributed by atoms with Crippen LogP contribution in [0.15, 0.2) is 0 Å². The molecule has 0 aliphatic heterocycles. The highest BCUT2D eigenvalue weighted by molar-refractivity contribution is 5.69. The minimum absolute atomic E-state index is 0.403. The summed E-state index contributed by atoms with van der Waals surface area (Å²) in [5.41, 5.74) is 4.50. The summed E-state index contributed by atoms with van der Waals surface area (Å²) in [6.45, 7) is 0. The van der Waals surface area contributed by atoms with Crippen molar-refractivity contribution >= 4 is 5.97 Å². The second-order valence-corrected chi connectivity index (χ2v) is 0.729. The van der Waals surface area contributed by atoms with E-state index in [0.717, 1.165) is 0 Å². The van der Waals surface area contributed by atoms with Gasteiger partial charge in [0.05, 0.1) is 6.07 Å². The molecule has 0 aromatic carbocycles. The Bertz CT molecular complexity index is 94.7. The highest BCUT2D eigenvalue weighted by Gasteiger charge is 1.87. The van der Waals surface area contributed by atoms with Gasteiger partial charge in [-0.2, -0.15) is 5.26 Å². The maximum absolute atomic E-state index is 9.38. The average Bonchev–Trinajstić information content (AvgIpc) is 1.72. The Balaban J connectivity index is 0. The zero-order chi connectivity index (χ0) is 6.99. The SMILES string of the molecule is CN.N#CCC(=O)O. The fourth-order valence-corrected chi connectivity index (χ4v) is 0.0676. The molecule has 46 valence electrons. The Kier molecular flexibility index (Phi) is 11.7. The van der Waals surface area contributed by atoms with Gasteiger partial charge >= 0.3 is 5.97 Å². The summed E-state index contributed by atoms with van der Waals surface area (Å²) in [5.74, 6) is -1.07.